The topological polar surface area (TPSA) is 20.2 Å². The molecule has 1 heterocycles. The molecule has 0 aliphatic heterocycles. The van der Waals surface area contributed by atoms with Gasteiger partial charge in [0.2, 0.25) is 0 Å². The van der Waals surface area contributed by atoms with Crippen LogP contribution in [0, 0.1) is 3.57 Å². The molecule has 0 radical (unpaired) electrons. The van der Waals surface area contributed by atoms with Crippen molar-refractivity contribution in [3.63, 3.8) is 0 Å². The van der Waals surface area contributed by atoms with Gasteiger partial charge in [-0.3, -0.25) is 0 Å². The molecule has 0 amide bonds. The minimum atomic E-state index is -0.442. The molecule has 0 saturated carbocycles. The van der Waals surface area contributed by atoms with E-state index in [1.165, 1.54) is 4.88 Å². The maximum atomic E-state index is 10.2. The lowest BCUT2D eigenvalue weighted by atomic mass is 10.0. The SMILES string of the molecule is OC(CCc1cccs1)c1cc(Cl)ccc1I. The van der Waals surface area contributed by atoms with E-state index in [0.717, 1.165) is 22.0 Å². The predicted octanol–water partition coefficient (Wildman–Crippen LogP) is 4.67. The molecule has 17 heavy (non-hydrogen) atoms. The largest absolute Gasteiger partial charge is 0.388 e. The molecule has 0 bridgehead atoms. The lowest BCUT2D eigenvalue weighted by molar-refractivity contribution is 0.167. The van der Waals surface area contributed by atoms with Crippen LogP contribution in [0.3, 0.4) is 0 Å². The van der Waals surface area contributed by atoms with Gasteiger partial charge >= 0.3 is 0 Å². The monoisotopic (exact) mass is 378 g/mol. The standard InChI is InChI=1S/C13H12ClIOS/c14-9-3-5-12(15)11(8-9)13(16)6-4-10-2-1-7-17-10/h1-3,5,7-8,13,16H,4,6H2. The maximum absolute atomic E-state index is 10.2. The summed E-state index contributed by atoms with van der Waals surface area (Å²) in [6, 6.07) is 9.77. The molecule has 1 nitrogen and oxygen atoms in total. The number of aliphatic hydroxyl groups is 1. The first-order chi connectivity index (χ1) is 8.16. The molecule has 2 aromatic rings. The van der Waals surface area contributed by atoms with Gasteiger partial charge in [0.05, 0.1) is 6.10 Å². The highest BCUT2D eigenvalue weighted by Gasteiger charge is 2.12. The predicted molar refractivity (Wildman–Crippen MR) is 81.8 cm³/mol. The van der Waals surface area contributed by atoms with Gasteiger partial charge in [0.1, 0.15) is 0 Å². The molecule has 0 spiro atoms. The van der Waals surface area contributed by atoms with E-state index in [1.54, 1.807) is 11.3 Å². The quantitative estimate of drug-likeness (QED) is 0.766. The molecule has 1 aromatic heterocycles. The molecule has 1 aromatic carbocycles. The maximum Gasteiger partial charge on any atom is 0.0804 e. The van der Waals surface area contributed by atoms with Crippen molar-refractivity contribution < 1.29 is 5.11 Å². The molecule has 1 unspecified atom stereocenters. The van der Waals surface area contributed by atoms with Gasteiger partial charge in [0, 0.05) is 13.5 Å². The Hall–Kier alpha value is -0.100. The average molecular weight is 379 g/mol. The first-order valence-electron chi connectivity index (χ1n) is 5.32. The Bertz CT molecular complexity index is 484. The molecular formula is C13H12ClIOS. The minimum Gasteiger partial charge on any atom is -0.388 e. The summed E-state index contributed by atoms with van der Waals surface area (Å²) in [5.74, 6) is 0. The molecule has 4 heteroatoms. The fourth-order valence-corrected chi connectivity index (χ4v) is 3.26. The van der Waals surface area contributed by atoms with Gasteiger partial charge in [0.15, 0.2) is 0 Å². The zero-order valence-electron chi connectivity index (χ0n) is 9.07. The van der Waals surface area contributed by atoms with Crippen LogP contribution >= 0.6 is 45.5 Å². The fraction of sp³-hybridized carbons (Fsp3) is 0.231. The number of rotatable bonds is 4. The number of aryl methyl sites for hydroxylation is 1. The highest BCUT2D eigenvalue weighted by Crippen LogP contribution is 2.27. The average Bonchev–Trinajstić information content (AvgIpc) is 2.82. The fourth-order valence-electron chi connectivity index (χ4n) is 1.66. The van der Waals surface area contributed by atoms with Gasteiger partial charge < -0.3 is 5.11 Å². The van der Waals surface area contributed by atoms with Crippen molar-refractivity contribution in [2.75, 3.05) is 0 Å². The van der Waals surface area contributed by atoms with E-state index in [1.807, 2.05) is 24.3 Å². The molecule has 0 aliphatic rings. The van der Waals surface area contributed by atoms with Crippen LogP contribution in [-0.4, -0.2) is 5.11 Å². The van der Waals surface area contributed by atoms with Crippen LogP contribution in [0.1, 0.15) is 23.0 Å². The summed E-state index contributed by atoms with van der Waals surface area (Å²) in [5.41, 5.74) is 0.926. The van der Waals surface area contributed by atoms with Crippen molar-refractivity contribution in [1.29, 1.82) is 0 Å². The first-order valence-corrected chi connectivity index (χ1v) is 7.66. The van der Waals surface area contributed by atoms with Gasteiger partial charge in [-0.2, -0.15) is 0 Å². The first kappa shape index (κ1) is 13.3. The Morgan fingerprint density at radius 1 is 1.35 bits per heavy atom. The van der Waals surface area contributed by atoms with E-state index in [4.69, 9.17) is 11.6 Å². The second-order valence-electron chi connectivity index (χ2n) is 3.80. The van der Waals surface area contributed by atoms with E-state index < -0.39 is 6.10 Å². The molecule has 1 N–H and O–H groups in total. The molecule has 90 valence electrons. The van der Waals surface area contributed by atoms with Crippen LogP contribution in [0.2, 0.25) is 5.02 Å². The number of aliphatic hydroxyl groups excluding tert-OH is 1. The van der Waals surface area contributed by atoms with E-state index >= 15 is 0 Å². The van der Waals surface area contributed by atoms with E-state index in [0.29, 0.717) is 5.02 Å². The molecule has 0 fully saturated rings. The van der Waals surface area contributed by atoms with Crippen molar-refractivity contribution in [3.05, 3.63) is 54.7 Å². The number of hydrogen-bond donors (Lipinski definition) is 1. The van der Waals surface area contributed by atoms with Crippen LogP contribution in [-0.2, 0) is 6.42 Å². The van der Waals surface area contributed by atoms with E-state index in [2.05, 4.69) is 34.0 Å². The lowest BCUT2D eigenvalue weighted by Gasteiger charge is -2.12. The highest BCUT2D eigenvalue weighted by atomic mass is 127. The Kier molecular flexibility index (Phi) is 4.85. The van der Waals surface area contributed by atoms with Crippen molar-refractivity contribution in [1.82, 2.24) is 0 Å². The van der Waals surface area contributed by atoms with Gasteiger partial charge in [-0.15, -0.1) is 11.3 Å². The van der Waals surface area contributed by atoms with Crippen molar-refractivity contribution in [2.24, 2.45) is 0 Å². The Morgan fingerprint density at radius 2 is 2.18 bits per heavy atom. The Balaban J connectivity index is 2.04. The van der Waals surface area contributed by atoms with Crippen LogP contribution in [0.15, 0.2) is 35.7 Å². The Morgan fingerprint density at radius 3 is 2.88 bits per heavy atom. The van der Waals surface area contributed by atoms with Crippen LogP contribution in [0.4, 0.5) is 0 Å². The minimum absolute atomic E-state index is 0.442. The Labute approximate surface area is 124 Å². The van der Waals surface area contributed by atoms with Crippen LogP contribution in [0.5, 0.6) is 0 Å². The van der Waals surface area contributed by atoms with Gasteiger partial charge in [0.25, 0.3) is 0 Å². The molecule has 0 saturated heterocycles. The summed E-state index contributed by atoms with van der Waals surface area (Å²) >= 11 is 9.91. The zero-order valence-corrected chi connectivity index (χ0v) is 12.8. The van der Waals surface area contributed by atoms with E-state index in [-0.39, 0.29) is 0 Å². The summed E-state index contributed by atoms with van der Waals surface area (Å²) in [7, 11) is 0. The smallest absolute Gasteiger partial charge is 0.0804 e. The van der Waals surface area contributed by atoms with Crippen molar-refractivity contribution >= 4 is 45.5 Å². The number of thiophene rings is 1. The molecular weight excluding hydrogens is 367 g/mol. The second kappa shape index (κ2) is 6.18. The normalized spacial score (nSPS) is 12.6. The third-order valence-corrected chi connectivity index (χ3v) is 4.71. The zero-order chi connectivity index (χ0) is 12.3. The number of benzene rings is 1. The van der Waals surface area contributed by atoms with E-state index in [9.17, 15) is 5.11 Å². The summed E-state index contributed by atoms with van der Waals surface area (Å²) < 4.78 is 1.06. The third-order valence-electron chi connectivity index (χ3n) is 2.56. The van der Waals surface area contributed by atoms with Gasteiger partial charge in [-0.1, -0.05) is 17.7 Å². The highest BCUT2D eigenvalue weighted by molar-refractivity contribution is 14.1. The molecule has 1 atom stereocenters. The van der Waals surface area contributed by atoms with Gasteiger partial charge in [-0.25, -0.2) is 0 Å². The summed E-state index contributed by atoms with van der Waals surface area (Å²) in [4.78, 5) is 1.31. The lowest BCUT2D eigenvalue weighted by Crippen LogP contribution is -2.01. The second-order valence-corrected chi connectivity index (χ2v) is 6.43. The number of halogens is 2. The summed E-state index contributed by atoms with van der Waals surface area (Å²) in [6.45, 7) is 0. The van der Waals surface area contributed by atoms with Crippen molar-refractivity contribution in [2.45, 2.75) is 18.9 Å². The summed E-state index contributed by atoms with van der Waals surface area (Å²) in [6.07, 6.45) is 1.20. The number of hydrogen-bond acceptors (Lipinski definition) is 2. The van der Waals surface area contributed by atoms with Gasteiger partial charge in [-0.05, 0) is 70.6 Å². The summed E-state index contributed by atoms with van der Waals surface area (Å²) in [5, 5.41) is 12.9. The molecule has 2 rings (SSSR count). The van der Waals surface area contributed by atoms with Crippen LogP contribution in [0.25, 0.3) is 0 Å². The molecule has 0 aliphatic carbocycles. The third kappa shape index (κ3) is 3.68. The van der Waals surface area contributed by atoms with Crippen LogP contribution < -0.4 is 0 Å². The van der Waals surface area contributed by atoms with Crippen molar-refractivity contribution in [3.8, 4) is 0 Å².